The highest BCUT2D eigenvalue weighted by atomic mass is 16.6. The number of hydrogen-bond donors (Lipinski definition) is 0. The molecule has 0 atom stereocenters. The topological polar surface area (TPSA) is 104 Å². The molecular weight excluding hydrogens is 650 g/mol. The van der Waals surface area contributed by atoms with Gasteiger partial charge in [-0.3, -0.25) is 0 Å². The van der Waals surface area contributed by atoms with Crippen molar-refractivity contribution in [3.05, 3.63) is 95.6 Å². The minimum atomic E-state index is -1.02. The summed E-state index contributed by atoms with van der Waals surface area (Å²) >= 11 is 0. The van der Waals surface area contributed by atoms with Gasteiger partial charge in [-0.1, -0.05) is 54.6 Å². The SMILES string of the molecule is N#CC(c1ccccc1)(c1ccc(N2CCOCCOCCOCCOCC2)cc1)c1ccc(N2CCOCCOCCOCCOCC2)cc1. The Kier molecular flexibility index (Phi) is 17.0. The maximum atomic E-state index is 11.1. The molecule has 5 rings (SSSR count). The monoisotopic (exact) mass is 703 g/mol. The van der Waals surface area contributed by atoms with E-state index >= 15 is 0 Å². The Morgan fingerprint density at radius 1 is 0.373 bits per heavy atom. The summed E-state index contributed by atoms with van der Waals surface area (Å²) in [5, 5.41) is 11.1. The molecule has 3 aromatic rings. The van der Waals surface area contributed by atoms with Crippen molar-refractivity contribution in [1.82, 2.24) is 0 Å². The largest absolute Gasteiger partial charge is 0.377 e. The molecule has 11 heteroatoms. The summed E-state index contributed by atoms with van der Waals surface area (Å²) in [5.74, 6) is 0. The molecule has 2 aliphatic heterocycles. The standard InChI is InChI=1S/C40H53N3O8/c41-34-40(35-4-2-1-3-5-35,36-6-10-38(11-7-36)42-14-18-44-22-26-48-30-31-49-27-23-45-19-15-42)37-8-12-39(13-9-37)43-16-20-46-24-28-50-32-33-51-29-25-47-21-17-43/h1-13H,14-33H2. The second-order valence-corrected chi connectivity index (χ2v) is 12.2. The quantitative estimate of drug-likeness (QED) is 0.355. The first-order chi connectivity index (χ1) is 25.3. The molecule has 0 spiro atoms. The normalized spacial score (nSPS) is 19.4. The van der Waals surface area contributed by atoms with Crippen LogP contribution in [0.25, 0.3) is 0 Å². The van der Waals surface area contributed by atoms with Crippen LogP contribution in [0, 0.1) is 11.3 Å². The minimum Gasteiger partial charge on any atom is -0.377 e. The number of anilines is 2. The predicted octanol–water partition coefficient (Wildman–Crippen LogP) is 4.32. The summed E-state index contributed by atoms with van der Waals surface area (Å²) in [5.41, 5.74) is 3.76. The van der Waals surface area contributed by atoms with Crippen LogP contribution in [0.1, 0.15) is 16.7 Å². The number of benzene rings is 3. The van der Waals surface area contributed by atoms with Gasteiger partial charge < -0.3 is 47.7 Å². The number of nitriles is 1. The van der Waals surface area contributed by atoms with E-state index < -0.39 is 5.41 Å². The summed E-state index contributed by atoms with van der Waals surface area (Å²) in [7, 11) is 0. The van der Waals surface area contributed by atoms with Gasteiger partial charge in [0.15, 0.2) is 0 Å². The highest BCUT2D eigenvalue weighted by Gasteiger charge is 2.37. The van der Waals surface area contributed by atoms with Gasteiger partial charge in [-0.2, -0.15) is 5.26 Å². The lowest BCUT2D eigenvalue weighted by atomic mass is 9.70. The van der Waals surface area contributed by atoms with Gasteiger partial charge in [-0.05, 0) is 41.0 Å². The second-order valence-electron chi connectivity index (χ2n) is 12.2. The lowest BCUT2D eigenvalue weighted by Gasteiger charge is -2.31. The average Bonchev–Trinajstić information content (AvgIpc) is 3.19. The summed E-state index contributed by atoms with van der Waals surface area (Å²) in [6.07, 6.45) is 0. The number of ether oxygens (including phenoxy) is 8. The fourth-order valence-corrected chi connectivity index (χ4v) is 6.19. The van der Waals surface area contributed by atoms with E-state index in [4.69, 9.17) is 37.9 Å². The predicted molar refractivity (Wildman–Crippen MR) is 196 cm³/mol. The van der Waals surface area contributed by atoms with Crippen LogP contribution in [0.15, 0.2) is 78.9 Å². The van der Waals surface area contributed by atoms with Crippen molar-refractivity contribution in [2.75, 3.05) is 142 Å². The fourth-order valence-electron chi connectivity index (χ4n) is 6.19. The molecule has 0 aromatic heterocycles. The van der Waals surface area contributed by atoms with E-state index in [0.29, 0.717) is 132 Å². The molecule has 0 radical (unpaired) electrons. The Morgan fingerprint density at radius 3 is 0.941 bits per heavy atom. The van der Waals surface area contributed by atoms with Crippen molar-refractivity contribution in [3.8, 4) is 6.07 Å². The number of rotatable bonds is 5. The van der Waals surface area contributed by atoms with Crippen molar-refractivity contribution < 1.29 is 37.9 Å². The van der Waals surface area contributed by atoms with E-state index in [1.165, 1.54) is 0 Å². The van der Waals surface area contributed by atoms with Crippen LogP contribution in [0.3, 0.4) is 0 Å². The minimum absolute atomic E-state index is 0.536. The molecule has 3 aromatic carbocycles. The van der Waals surface area contributed by atoms with Crippen LogP contribution in [0.4, 0.5) is 11.4 Å². The van der Waals surface area contributed by atoms with Crippen LogP contribution >= 0.6 is 0 Å². The molecule has 11 nitrogen and oxygen atoms in total. The van der Waals surface area contributed by atoms with E-state index in [1.807, 2.05) is 30.3 Å². The van der Waals surface area contributed by atoms with Crippen LogP contribution in [-0.4, -0.2) is 132 Å². The first kappa shape index (κ1) is 38.7. The molecule has 2 saturated heterocycles. The Morgan fingerprint density at radius 2 is 0.647 bits per heavy atom. The fraction of sp³-hybridized carbons (Fsp3) is 0.525. The molecule has 0 bridgehead atoms. The van der Waals surface area contributed by atoms with Crippen LogP contribution < -0.4 is 9.80 Å². The molecule has 0 saturated carbocycles. The molecular formula is C40H53N3O8. The molecule has 0 amide bonds. The molecule has 276 valence electrons. The van der Waals surface area contributed by atoms with Gasteiger partial charge in [-0.15, -0.1) is 0 Å². The summed E-state index contributed by atoms with van der Waals surface area (Å²) < 4.78 is 45.7. The Hall–Kier alpha value is -3.57. The van der Waals surface area contributed by atoms with Crippen molar-refractivity contribution in [2.45, 2.75) is 5.41 Å². The van der Waals surface area contributed by atoms with Crippen molar-refractivity contribution >= 4 is 11.4 Å². The van der Waals surface area contributed by atoms with Gasteiger partial charge in [0.1, 0.15) is 5.41 Å². The van der Waals surface area contributed by atoms with Crippen molar-refractivity contribution in [3.63, 3.8) is 0 Å². The smallest absolute Gasteiger partial charge is 0.132 e. The molecule has 0 unspecified atom stereocenters. The third-order valence-electron chi connectivity index (χ3n) is 8.96. The lowest BCUT2D eigenvalue weighted by Crippen LogP contribution is -2.32. The van der Waals surface area contributed by atoms with Crippen LogP contribution in [0.5, 0.6) is 0 Å². The van der Waals surface area contributed by atoms with Gasteiger partial charge >= 0.3 is 0 Å². The zero-order valence-electron chi connectivity index (χ0n) is 29.8. The molecule has 2 heterocycles. The second kappa shape index (κ2) is 22.4. The number of hydrogen-bond acceptors (Lipinski definition) is 11. The Bertz CT molecular complexity index is 1290. The molecule has 0 aliphatic carbocycles. The molecule has 2 aliphatic rings. The summed E-state index contributed by atoms with van der Waals surface area (Å²) in [4.78, 5) is 4.51. The van der Waals surface area contributed by atoms with Crippen LogP contribution in [0.2, 0.25) is 0 Å². The Balaban J connectivity index is 1.35. The van der Waals surface area contributed by atoms with E-state index in [1.54, 1.807) is 0 Å². The molecule has 2 fully saturated rings. The third kappa shape index (κ3) is 12.0. The maximum Gasteiger partial charge on any atom is 0.132 e. The maximum absolute atomic E-state index is 11.1. The molecule has 51 heavy (non-hydrogen) atoms. The Labute approximate surface area is 302 Å². The zero-order valence-corrected chi connectivity index (χ0v) is 29.8. The van der Waals surface area contributed by atoms with Crippen LogP contribution in [-0.2, 0) is 43.3 Å². The summed E-state index contributed by atoms with van der Waals surface area (Å²) in [6.45, 7) is 11.6. The van der Waals surface area contributed by atoms with E-state index in [2.05, 4.69) is 64.4 Å². The number of nitrogens with zero attached hydrogens (tertiary/aromatic N) is 3. The lowest BCUT2D eigenvalue weighted by molar-refractivity contribution is 0.00206. The third-order valence-corrected chi connectivity index (χ3v) is 8.96. The zero-order chi connectivity index (χ0) is 35.2. The van der Waals surface area contributed by atoms with Gasteiger partial charge in [-0.25, -0.2) is 0 Å². The van der Waals surface area contributed by atoms with E-state index in [9.17, 15) is 5.26 Å². The van der Waals surface area contributed by atoms with Gasteiger partial charge in [0.05, 0.1) is 112 Å². The van der Waals surface area contributed by atoms with Crippen molar-refractivity contribution in [2.24, 2.45) is 0 Å². The first-order valence-electron chi connectivity index (χ1n) is 18.1. The van der Waals surface area contributed by atoms with E-state index in [-0.39, 0.29) is 0 Å². The van der Waals surface area contributed by atoms with Gasteiger partial charge in [0.25, 0.3) is 0 Å². The molecule has 0 N–H and O–H groups in total. The highest BCUT2D eigenvalue weighted by molar-refractivity contribution is 5.61. The highest BCUT2D eigenvalue weighted by Crippen LogP contribution is 2.40. The summed E-state index contributed by atoms with van der Waals surface area (Å²) in [6, 6.07) is 29.4. The first-order valence-corrected chi connectivity index (χ1v) is 18.1. The average molecular weight is 704 g/mol. The van der Waals surface area contributed by atoms with Crippen molar-refractivity contribution in [1.29, 1.82) is 5.26 Å². The van der Waals surface area contributed by atoms with E-state index in [0.717, 1.165) is 28.1 Å². The van der Waals surface area contributed by atoms with Gasteiger partial charge in [0.2, 0.25) is 0 Å². The van der Waals surface area contributed by atoms with Gasteiger partial charge in [0, 0.05) is 37.6 Å².